The average Bonchev–Trinajstić information content (AvgIpc) is 2.80. The second kappa shape index (κ2) is 9.26. The molecule has 3 aliphatic carbocycles. The van der Waals surface area contributed by atoms with Crippen molar-refractivity contribution in [3.8, 4) is 5.75 Å². The topological polar surface area (TPSA) is 173 Å². The maximum absolute atomic E-state index is 13.9. The number of aliphatic hydroxyl groups is 3. The number of nitrogens with one attached hydrogen (secondary N) is 1. The van der Waals surface area contributed by atoms with E-state index in [1.54, 1.807) is 26.2 Å². The molecule has 1 aromatic rings. The number of primary amides is 1. The minimum absolute atomic E-state index is 0.101. The van der Waals surface area contributed by atoms with Crippen molar-refractivity contribution < 1.29 is 34.8 Å². The molecule has 1 fully saturated rings. The highest BCUT2D eigenvalue weighted by atomic mass is 16.3. The van der Waals surface area contributed by atoms with Gasteiger partial charge in [0.15, 0.2) is 11.4 Å². The second-order valence-electron chi connectivity index (χ2n) is 10.5. The van der Waals surface area contributed by atoms with Gasteiger partial charge in [-0.2, -0.15) is 0 Å². The van der Waals surface area contributed by atoms with Crippen LogP contribution in [-0.4, -0.2) is 87.2 Å². The third-order valence-electron chi connectivity index (χ3n) is 8.37. The normalized spacial score (nSPS) is 35.9. The van der Waals surface area contributed by atoms with Crippen LogP contribution in [0.2, 0.25) is 0 Å². The first-order chi connectivity index (χ1) is 16.9. The van der Waals surface area contributed by atoms with Crippen molar-refractivity contribution in [2.24, 2.45) is 23.5 Å². The van der Waals surface area contributed by atoms with E-state index in [4.69, 9.17) is 5.73 Å². The summed E-state index contributed by atoms with van der Waals surface area (Å²) < 4.78 is 0. The molecule has 10 heteroatoms. The van der Waals surface area contributed by atoms with E-state index in [1.807, 2.05) is 13.8 Å². The number of nitrogens with zero attached hydrogens (tertiary/aromatic N) is 1. The number of phenolic OH excluding ortho intramolecular Hbond substituents is 1. The van der Waals surface area contributed by atoms with Crippen LogP contribution < -0.4 is 11.1 Å². The number of aliphatic hydroxyl groups excluding tert-OH is 2. The summed E-state index contributed by atoms with van der Waals surface area (Å²) >= 11 is 0. The summed E-state index contributed by atoms with van der Waals surface area (Å²) in [6, 6.07) is 2.43. The Kier molecular flexibility index (Phi) is 6.76. The van der Waals surface area contributed by atoms with Crippen LogP contribution in [0.4, 0.5) is 0 Å². The van der Waals surface area contributed by atoms with Crippen LogP contribution >= 0.6 is 0 Å². The van der Waals surface area contributed by atoms with E-state index in [0.717, 1.165) is 6.42 Å². The Hall–Kier alpha value is -2.79. The molecule has 7 N–H and O–H groups in total. The minimum Gasteiger partial charge on any atom is -0.510 e. The summed E-state index contributed by atoms with van der Waals surface area (Å²) in [6.45, 7) is 4.15. The van der Waals surface area contributed by atoms with Gasteiger partial charge in [0.2, 0.25) is 5.78 Å². The standard InChI is InChI=1S/C26H35N3O7/c1-5-6-10-28-23-16-14(11(2)12-8-7-9-13(30)15(12)20(16)31)21(32)18-19(29(3)4)22(33)17(25(27)35)24(34)26(18,23)36/h7-9,11,14,16,18-19,21,23,28,30,32-33,36H,5-6,10H2,1-4H3,(H2,27,35). The number of fused-ring (bicyclic) bond motifs is 3. The van der Waals surface area contributed by atoms with Gasteiger partial charge in [0.05, 0.1) is 23.8 Å². The van der Waals surface area contributed by atoms with E-state index in [0.29, 0.717) is 18.5 Å². The SMILES string of the molecule is CCCCNC1C2C(=O)c3c(O)cccc3C(C)C2C(O)C2C(N(C)C)C(O)=C(C(N)=O)C(=O)C12O. The van der Waals surface area contributed by atoms with E-state index in [2.05, 4.69) is 5.32 Å². The smallest absolute Gasteiger partial charge is 0.255 e. The molecule has 0 spiro atoms. The zero-order chi connectivity index (χ0) is 26.7. The van der Waals surface area contributed by atoms with Crippen LogP contribution in [0.5, 0.6) is 5.75 Å². The Morgan fingerprint density at radius 3 is 2.47 bits per heavy atom. The van der Waals surface area contributed by atoms with Crippen molar-refractivity contribution >= 4 is 17.5 Å². The maximum atomic E-state index is 13.9. The van der Waals surface area contributed by atoms with Crippen LogP contribution in [0.3, 0.4) is 0 Å². The number of hydrogen-bond donors (Lipinski definition) is 6. The third kappa shape index (κ3) is 3.50. The molecule has 0 aliphatic heterocycles. The lowest BCUT2D eigenvalue weighted by molar-refractivity contribution is -0.192. The van der Waals surface area contributed by atoms with E-state index in [1.165, 1.54) is 11.0 Å². The number of ketones is 2. The molecule has 1 saturated carbocycles. The Balaban J connectivity index is 2.00. The van der Waals surface area contributed by atoms with Gasteiger partial charge < -0.3 is 31.5 Å². The van der Waals surface area contributed by atoms with Crippen molar-refractivity contribution in [2.75, 3.05) is 20.6 Å². The summed E-state index contributed by atoms with van der Waals surface area (Å²) in [5.74, 6) is -7.16. The Morgan fingerprint density at radius 1 is 1.22 bits per heavy atom. The van der Waals surface area contributed by atoms with Crippen LogP contribution in [-0.2, 0) is 9.59 Å². The van der Waals surface area contributed by atoms with Gasteiger partial charge in [-0.1, -0.05) is 32.4 Å². The predicted octanol–water partition coefficient (Wildman–Crippen LogP) is 0.215. The van der Waals surface area contributed by atoms with E-state index in [9.17, 15) is 34.8 Å². The lowest BCUT2D eigenvalue weighted by Crippen LogP contribution is -2.78. The molecule has 3 aliphatic rings. The number of Topliss-reactive ketones (excluding diaryl/α,β-unsaturated/α-hetero) is 2. The van der Waals surface area contributed by atoms with Gasteiger partial charge in [-0.15, -0.1) is 0 Å². The molecule has 4 rings (SSSR count). The summed E-state index contributed by atoms with van der Waals surface area (Å²) in [6.07, 6.45) is 0.0672. The molecule has 196 valence electrons. The number of likely N-dealkylation sites (N-methyl/N-ethyl adjacent to an activating group) is 1. The molecule has 0 bridgehead atoms. The van der Waals surface area contributed by atoms with Crippen LogP contribution in [0, 0.1) is 17.8 Å². The van der Waals surface area contributed by atoms with Crippen molar-refractivity contribution in [3.63, 3.8) is 0 Å². The number of carbonyl (C=O) groups excluding carboxylic acids is 3. The number of carbonyl (C=O) groups is 3. The fourth-order valence-electron chi connectivity index (χ4n) is 6.80. The number of hydrogen-bond acceptors (Lipinski definition) is 9. The number of phenols is 1. The molecule has 0 saturated heterocycles. The van der Waals surface area contributed by atoms with E-state index in [-0.39, 0.29) is 11.3 Å². The highest BCUT2D eigenvalue weighted by Crippen LogP contribution is 2.56. The number of aromatic hydroxyl groups is 1. The Bertz CT molecular complexity index is 1130. The summed E-state index contributed by atoms with van der Waals surface area (Å²) in [5, 5.41) is 48.8. The second-order valence-corrected chi connectivity index (χ2v) is 10.5. The molecule has 1 amide bonds. The molecule has 36 heavy (non-hydrogen) atoms. The number of rotatable bonds is 6. The molecule has 0 aromatic heterocycles. The van der Waals surface area contributed by atoms with E-state index < -0.39 is 76.3 Å². The maximum Gasteiger partial charge on any atom is 0.255 e. The van der Waals surface area contributed by atoms with Crippen LogP contribution in [0.25, 0.3) is 0 Å². The lowest BCUT2D eigenvalue weighted by Gasteiger charge is -2.60. The van der Waals surface area contributed by atoms with Crippen molar-refractivity contribution in [2.45, 2.75) is 56.4 Å². The minimum atomic E-state index is -2.43. The largest absolute Gasteiger partial charge is 0.510 e. The zero-order valence-corrected chi connectivity index (χ0v) is 20.9. The Morgan fingerprint density at radius 2 is 1.89 bits per heavy atom. The first kappa shape index (κ1) is 26.3. The van der Waals surface area contributed by atoms with Crippen molar-refractivity contribution in [1.29, 1.82) is 0 Å². The van der Waals surface area contributed by atoms with E-state index >= 15 is 0 Å². The fourth-order valence-corrected chi connectivity index (χ4v) is 6.80. The zero-order valence-electron chi connectivity index (χ0n) is 20.9. The van der Waals surface area contributed by atoms with Gasteiger partial charge in [0.1, 0.15) is 17.1 Å². The summed E-state index contributed by atoms with van der Waals surface area (Å²) in [4.78, 5) is 41.5. The molecule has 10 nitrogen and oxygen atoms in total. The highest BCUT2D eigenvalue weighted by molar-refractivity contribution is 6.23. The van der Waals surface area contributed by atoms with Gasteiger partial charge in [0, 0.05) is 17.8 Å². The first-order valence-electron chi connectivity index (χ1n) is 12.3. The Labute approximate surface area is 209 Å². The quantitative estimate of drug-likeness (QED) is 0.235. The molecular formula is C26H35N3O7. The van der Waals surface area contributed by atoms with Crippen LogP contribution in [0.15, 0.2) is 29.5 Å². The number of amides is 1. The number of benzene rings is 1. The van der Waals surface area contributed by atoms with Crippen LogP contribution in [0.1, 0.15) is 48.5 Å². The fraction of sp³-hybridized carbons (Fsp3) is 0.577. The molecular weight excluding hydrogens is 466 g/mol. The van der Waals surface area contributed by atoms with Gasteiger partial charge in [-0.25, -0.2) is 0 Å². The molecule has 8 unspecified atom stereocenters. The molecule has 0 heterocycles. The average molecular weight is 502 g/mol. The lowest BCUT2D eigenvalue weighted by atomic mass is 9.49. The third-order valence-corrected chi connectivity index (χ3v) is 8.37. The van der Waals surface area contributed by atoms with Gasteiger partial charge in [-0.05, 0) is 44.6 Å². The predicted molar refractivity (Wildman–Crippen MR) is 130 cm³/mol. The van der Waals surface area contributed by atoms with Crippen molar-refractivity contribution in [1.82, 2.24) is 10.2 Å². The van der Waals surface area contributed by atoms with Gasteiger partial charge >= 0.3 is 0 Å². The number of unbranched alkanes of at least 4 members (excludes halogenated alkanes) is 1. The van der Waals surface area contributed by atoms with Crippen molar-refractivity contribution in [3.05, 3.63) is 40.7 Å². The monoisotopic (exact) mass is 501 g/mol. The summed E-state index contributed by atoms with van der Waals surface area (Å²) in [5.41, 5.74) is 2.97. The molecule has 1 aromatic carbocycles. The summed E-state index contributed by atoms with van der Waals surface area (Å²) in [7, 11) is 3.19. The number of nitrogens with two attached hydrogens (primary N) is 1. The molecule has 0 radical (unpaired) electrons. The highest BCUT2D eigenvalue weighted by Gasteiger charge is 2.70. The molecule has 8 atom stereocenters. The first-order valence-corrected chi connectivity index (χ1v) is 12.3. The van der Waals surface area contributed by atoms with Gasteiger partial charge in [-0.3, -0.25) is 19.3 Å². The van der Waals surface area contributed by atoms with Gasteiger partial charge in [0.25, 0.3) is 5.91 Å².